The van der Waals surface area contributed by atoms with Crippen LogP contribution in [-0.4, -0.2) is 22.4 Å². The molecule has 0 saturated carbocycles. The number of aromatic nitrogens is 2. The molecule has 2 aromatic carbocycles. The highest BCUT2D eigenvalue weighted by Gasteiger charge is 2.12. The van der Waals surface area contributed by atoms with Crippen molar-refractivity contribution < 1.29 is 14.4 Å². The molecule has 0 aliphatic carbocycles. The van der Waals surface area contributed by atoms with Crippen molar-refractivity contribution in [1.82, 2.24) is 10.1 Å². The summed E-state index contributed by atoms with van der Waals surface area (Å²) in [5, 5.41) is 17.4. The number of rotatable bonds is 5. The van der Waals surface area contributed by atoms with E-state index in [0.717, 1.165) is 5.69 Å². The van der Waals surface area contributed by atoms with Crippen LogP contribution in [0.3, 0.4) is 0 Å². The average molecular weight is 382 g/mol. The standard InChI is InChI=1S/C16H13Cl2N3O4/c1-24-13-6-10(2-3-11(13)15-20-16(23)25-21-15)19-7-8-4-9(17)5-12(18)14(8)22/h2-6,19,22H,7H2,1H3,(H,20,21,23). The first kappa shape index (κ1) is 17.2. The van der Waals surface area contributed by atoms with E-state index in [-0.39, 0.29) is 16.6 Å². The minimum Gasteiger partial charge on any atom is -0.506 e. The number of aromatic amines is 1. The molecule has 9 heteroatoms. The third-order valence-electron chi connectivity index (χ3n) is 3.49. The molecule has 3 N–H and O–H groups in total. The summed E-state index contributed by atoms with van der Waals surface area (Å²) >= 11 is 11.9. The molecule has 1 heterocycles. The number of hydrogen-bond donors (Lipinski definition) is 3. The SMILES string of the molecule is COc1cc(NCc2cc(Cl)cc(Cl)c2O)ccc1-c1noc(=O)[nH]1. The molecule has 25 heavy (non-hydrogen) atoms. The zero-order valence-electron chi connectivity index (χ0n) is 13.0. The van der Waals surface area contributed by atoms with Crippen LogP contribution in [0, 0.1) is 0 Å². The van der Waals surface area contributed by atoms with Gasteiger partial charge in [-0.1, -0.05) is 28.4 Å². The number of phenols is 1. The fraction of sp³-hybridized carbons (Fsp3) is 0.125. The summed E-state index contributed by atoms with van der Waals surface area (Å²) in [5.74, 6) is 0.0884. The van der Waals surface area contributed by atoms with Gasteiger partial charge in [0.15, 0.2) is 5.82 Å². The van der Waals surface area contributed by atoms with E-state index in [4.69, 9.17) is 27.9 Å². The summed E-state index contributed by atoms with van der Waals surface area (Å²) in [6.07, 6.45) is 0. The topological polar surface area (TPSA) is 100 Å². The number of ether oxygens (including phenoxy) is 1. The van der Waals surface area contributed by atoms with Crippen LogP contribution >= 0.6 is 23.2 Å². The van der Waals surface area contributed by atoms with E-state index >= 15 is 0 Å². The molecule has 0 radical (unpaired) electrons. The first-order valence-electron chi connectivity index (χ1n) is 7.13. The summed E-state index contributed by atoms with van der Waals surface area (Å²) in [7, 11) is 1.50. The number of halogens is 2. The highest BCUT2D eigenvalue weighted by Crippen LogP contribution is 2.33. The van der Waals surface area contributed by atoms with Gasteiger partial charge in [-0.2, -0.15) is 0 Å². The van der Waals surface area contributed by atoms with Crippen LogP contribution in [0.5, 0.6) is 11.5 Å². The van der Waals surface area contributed by atoms with Crippen molar-refractivity contribution in [3.05, 3.63) is 56.5 Å². The summed E-state index contributed by atoms with van der Waals surface area (Å²) in [6.45, 7) is 0.301. The Morgan fingerprint density at radius 1 is 1.32 bits per heavy atom. The molecule has 0 atom stereocenters. The summed E-state index contributed by atoms with van der Waals surface area (Å²) in [4.78, 5) is 13.6. The van der Waals surface area contributed by atoms with Crippen LogP contribution < -0.4 is 15.8 Å². The van der Waals surface area contributed by atoms with Gasteiger partial charge < -0.3 is 15.2 Å². The molecule has 0 bridgehead atoms. The molecule has 7 nitrogen and oxygen atoms in total. The molecule has 130 valence electrons. The molecule has 0 aliphatic rings. The zero-order chi connectivity index (χ0) is 18.0. The first-order valence-corrected chi connectivity index (χ1v) is 7.88. The Morgan fingerprint density at radius 2 is 2.12 bits per heavy atom. The van der Waals surface area contributed by atoms with Crippen LogP contribution in [0.15, 0.2) is 39.6 Å². The van der Waals surface area contributed by atoms with Gasteiger partial charge in [-0.15, -0.1) is 0 Å². The molecule has 3 rings (SSSR count). The number of nitrogens with one attached hydrogen (secondary N) is 2. The summed E-state index contributed by atoms with van der Waals surface area (Å²) in [6, 6.07) is 8.32. The smallest absolute Gasteiger partial charge is 0.439 e. The minimum atomic E-state index is -0.646. The number of phenolic OH excluding ortho intramolecular Hbond substituents is 1. The molecule has 0 saturated heterocycles. The van der Waals surface area contributed by atoms with Crippen molar-refractivity contribution in [2.75, 3.05) is 12.4 Å². The Morgan fingerprint density at radius 3 is 2.80 bits per heavy atom. The van der Waals surface area contributed by atoms with Gasteiger partial charge in [0.1, 0.15) is 11.5 Å². The Labute approximate surface area is 152 Å². The predicted octanol–water partition coefficient (Wildman–Crippen LogP) is 3.66. The average Bonchev–Trinajstić information content (AvgIpc) is 3.02. The number of methoxy groups -OCH3 is 1. The highest BCUT2D eigenvalue weighted by molar-refractivity contribution is 6.35. The van der Waals surface area contributed by atoms with E-state index in [9.17, 15) is 9.90 Å². The van der Waals surface area contributed by atoms with Gasteiger partial charge in [0.2, 0.25) is 0 Å². The minimum absolute atomic E-state index is 0.0256. The van der Waals surface area contributed by atoms with Gasteiger partial charge in [-0.3, -0.25) is 9.51 Å². The third-order valence-corrected chi connectivity index (χ3v) is 3.99. The first-order chi connectivity index (χ1) is 12.0. The van der Waals surface area contributed by atoms with Gasteiger partial charge in [0, 0.05) is 28.9 Å². The van der Waals surface area contributed by atoms with Crippen molar-refractivity contribution >= 4 is 28.9 Å². The highest BCUT2D eigenvalue weighted by atomic mass is 35.5. The lowest BCUT2D eigenvalue weighted by Gasteiger charge is -2.12. The van der Waals surface area contributed by atoms with E-state index in [1.54, 1.807) is 24.3 Å². The number of aromatic hydroxyl groups is 1. The summed E-state index contributed by atoms with van der Waals surface area (Å²) in [5.41, 5.74) is 1.86. The molecular formula is C16H13Cl2N3O4. The quantitative estimate of drug-likeness (QED) is 0.623. The van der Waals surface area contributed by atoms with Crippen LogP contribution in [0.2, 0.25) is 10.0 Å². The van der Waals surface area contributed by atoms with Crippen molar-refractivity contribution in [2.45, 2.75) is 6.54 Å². The lowest BCUT2D eigenvalue weighted by atomic mass is 10.1. The van der Waals surface area contributed by atoms with Gasteiger partial charge >= 0.3 is 5.76 Å². The number of nitrogens with zero attached hydrogens (tertiary/aromatic N) is 1. The normalized spacial score (nSPS) is 10.7. The second-order valence-corrected chi connectivity index (χ2v) is 5.95. The maximum atomic E-state index is 11.1. The Kier molecular flexibility index (Phi) is 4.87. The molecule has 0 unspecified atom stereocenters. The monoisotopic (exact) mass is 381 g/mol. The van der Waals surface area contributed by atoms with Crippen molar-refractivity contribution in [3.8, 4) is 22.9 Å². The number of benzene rings is 2. The van der Waals surface area contributed by atoms with Crippen molar-refractivity contribution in [3.63, 3.8) is 0 Å². The lowest BCUT2D eigenvalue weighted by Crippen LogP contribution is -2.01. The maximum absolute atomic E-state index is 11.1. The van der Waals surface area contributed by atoms with E-state index in [1.165, 1.54) is 13.2 Å². The predicted molar refractivity (Wildman–Crippen MR) is 94.6 cm³/mol. The molecule has 1 aromatic heterocycles. The zero-order valence-corrected chi connectivity index (χ0v) is 14.5. The van der Waals surface area contributed by atoms with Crippen molar-refractivity contribution in [2.24, 2.45) is 0 Å². The van der Waals surface area contributed by atoms with Crippen LogP contribution in [-0.2, 0) is 6.54 Å². The van der Waals surface area contributed by atoms with E-state index in [0.29, 0.717) is 28.4 Å². The third kappa shape index (κ3) is 3.72. The maximum Gasteiger partial charge on any atom is 0.439 e. The lowest BCUT2D eigenvalue weighted by molar-refractivity contribution is 0.386. The van der Waals surface area contributed by atoms with Crippen LogP contribution in [0.25, 0.3) is 11.4 Å². The molecule has 0 aliphatic heterocycles. The number of hydrogen-bond acceptors (Lipinski definition) is 6. The molecule has 0 spiro atoms. The number of anilines is 1. The van der Waals surface area contributed by atoms with Gasteiger partial charge in [-0.05, 0) is 24.3 Å². The molecule has 0 amide bonds. The number of H-pyrrole nitrogens is 1. The Hall–Kier alpha value is -2.64. The van der Waals surface area contributed by atoms with Gasteiger partial charge in [-0.25, -0.2) is 4.79 Å². The molecule has 0 fully saturated rings. The molecule has 3 aromatic rings. The van der Waals surface area contributed by atoms with Crippen LogP contribution in [0.1, 0.15) is 5.56 Å². The summed E-state index contributed by atoms with van der Waals surface area (Å²) < 4.78 is 9.83. The Balaban J connectivity index is 1.83. The fourth-order valence-electron chi connectivity index (χ4n) is 2.29. The molecular weight excluding hydrogens is 369 g/mol. The van der Waals surface area contributed by atoms with Crippen LogP contribution in [0.4, 0.5) is 5.69 Å². The van der Waals surface area contributed by atoms with E-state index in [2.05, 4.69) is 20.0 Å². The Bertz CT molecular complexity index is 968. The van der Waals surface area contributed by atoms with Gasteiger partial charge in [0.05, 0.1) is 17.7 Å². The second kappa shape index (κ2) is 7.08. The fourth-order valence-corrected chi connectivity index (χ4v) is 2.83. The van der Waals surface area contributed by atoms with E-state index in [1.807, 2.05) is 0 Å². The van der Waals surface area contributed by atoms with Gasteiger partial charge in [0.25, 0.3) is 0 Å². The van der Waals surface area contributed by atoms with E-state index < -0.39 is 5.76 Å². The van der Waals surface area contributed by atoms with Crippen molar-refractivity contribution in [1.29, 1.82) is 0 Å². The largest absolute Gasteiger partial charge is 0.506 e. The second-order valence-electron chi connectivity index (χ2n) is 5.11.